The summed E-state index contributed by atoms with van der Waals surface area (Å²) >= 11 is 4.52. The van der Waals surface area contributed by atoms with Crippen LogP contribution in [0.2, 0.25) is 0 Å². The van der Waals surface area contributed by atoms with E-state index in [4.69, 9.17) is 5.73 Å². The lowest BCUT2D eigenvalue weighted by molar-refractivity contribution is -0.138. The number of thiocarbonyl (C=S) groups is 1. The van der Waals surface area contributed by atoms with Crippen molar-refractivity contribution < 1.29 is 17.9 Å². The van der Waals surface area contributed by atoms with E-state index in [1.165, 1.54) is 0 Å². The van der Waals surface area contributed by atoms with Gasteiger partial charge in [-0.2, -0.15) is 13.2 Å². The first-order valence-corrected chi connectivity index (χ1v) is 4.00. The van der Waals surface area contributed by atoms with Crippen LogP contribution in [0.25, 0.3) is 0 Å². The van der Waals surface area contributed by atoms with Crippen molar-refractivity contribution in [3.8, 4) is 5.19 Å². The molecule has 0 aromatic carbocycles. The lowest BCUT2D eigenvalue weighted by Gasteiger charge is -1.97. The molecule has 0 saturated carbocycles. The molecule has 0 amide bonds. The van der Waals surface area contributed by atoms with Gasteiger partial charge in [-0.25, -0.2) is 0 Å². The second-order valence-corrected chi connectivity index (χ2v) is 3.13. The highest BCUT2D eigenvalue weighted by Crippen LogP contribution is 2.33. The Kier molecular flexibility index (Phi) is 2.66. The topological polar surface area (TPSA) is 61.0 Å². The van der Waals surface area contributed by atoms with Crippen molar-refractivity contribution in [2.75, 3.05) is 0 Å². The highest BCUT2D eigenvalue weighted by atomic mass is 32.1. The van der Waals surface area contributed by atoms with Crippen LogP contribution in [0.4, 0.5) is 13.2 Å². The van der Waals surface area contributed by atoms with Gasteiger partial charge in [0.1, 0.15) is 0 Å². The molecule has 13 heavy (non-hydrogen) atoms. The van der Waals surface area contributed by atoms with Crippen LogP contribution in [-0.2, 0) is 6.18 Å². The van der Waals surface area contributed by atoms with Crippen molar-refractivity contribution in [2.45, 2.75) is 6.18 Å². The maximum atomic E-state index is 11.9. The summed E-state index contributed by atoms with van der Waals surface area (Å²) in [5.41, 5.74) is 4.91. The Bertz CT molecular complexity index is 323. The van der Waals surface area contributed by atoms with Crippen molar-refractivity contribution in [1.29, 1.82) is 0 Å². The van der Waals surface area contributed by atoms with Crippen LogP contribution in [0.1, 0.15) is 5.01 Å². The molecular formula is C4H2F3N3OS2. The maximum absolute atomic E-state index is 11.9. The maximum Gasteiger partial charge on any atom is 0.445 e. The molecule has 0 aliphatic rings. The number of halogens is 3. The molecule has 0 spiro atoms. The van der Waals surface area contributed by atoms with Crippen molar-refractivity contribution in [3.63, 3.8) is 0 Å². The molecule has 0 aliphatic carbocycles. The monoisotopic (exact) mass is 229 g/mol. The number of ether oxygens (including phenoxy) is 1. The molecule has 0 bridgehead atoms. The average Bonchev–Trinajstić information content (AvgIpc) is 2.32. The summed E-state index contributed by atoms with van der Waals surface area (Å²) in [5.74, 6) is 0. The Hall–Kier alpha value is -0.960. The van der Waals surface area contributed by atoms with Gasteiger partial charge in [-0.1, -0.05) is 16.4 Å². The molecule has 0 fully saturated rings. The smallest absolute Gasteiger partial charge is 0.403 e. The number of aromatic nitrogens is 2. The fraction of sp³-hybridized carbons (Fsp3) is 0.250. The van der Waals surface area contributed by atoms with E-state index in [0.29, 0.717) is 0 Å². The summed E-state index contributed by atoms with van der Waals surface area (Å²) in [4.78, 5) is 0. The lowest BCUT2D eigenvalue weighted by Crippen LogP contribution is -2.15. The van der Waals surface area contributed by atoms with Crippen LogP contribution in [0.5, 0.6) is 5.19 Å². The van der Waals surface area contributed by atoms with E-state index in [-0.39, 0.29) is 16.5 Å². The summed E-state index contributed by atoms with van der Waals surface area (Å²) in [7, 11) is 0. The van der Waals surface area contributed by atoms with Crippen molar-refractivity contribution in [3.05, 3.63) is 5.01 Å². The first kappa shape index (κ1) is 10.1. The molecule has 0 saturated heterocycles. The molecule has 1 aromatic heterocycles. The normalized spacial score (nSPS) is 11.3. The molecule has 1 aromatic rings. The Balaban J connectivity index is 2.81. The minimum absolute atomic E-state index is 0.231. The zero-order valence-electron chi connectivity index (χ0n) is 5.83. The van der Waals surface area contributed by atoms with Gasteiger partial charge in [-0.05, 0) is 12.2 Å². The molecule has 1 rings (SSSR count). The van der Waals surface area contributed by atoms with Gasteiger partial charge in [0.2, 0.25) is 5.01 Å². The Morgan fingerprint density at radius 2 is 2.08 bits per heavy atom. The molecule has 0 aliphatic heterocycles. The molecule has 2 N–H and O–H groups in total. The van der Waals surface area contributed by atoms with E-state index >= 15 is 0 Å². The van der Waals surface area contributed by atoms with Crippen molar-refractivity contribution >= 4 is 28.7 Å². The zero-order valence-corrected chi connectivity index (χ0v) is 7.46. The van der Waals surface area contributed by atoms with Gasteiger partial charge in [0, 0.05) is 0 Å². The van der Waals surface area contributed by atoms with Crippen molar-refractivity contribution in [1.82, 2.24) is 10.2 Å². The lowest BCUT2D eigenvalue weighted by atomic mass is 10.7. The molecule has 0 atom stereocenters. The summed E-state index contributed by atoms with van der Waals surface area (Å²) in [6, 6.07) is 0. The highest BCUT2D eigenvalue weighted by Gasteiger charge is 2.36. The van der Waals surface area contributed by atoms with Gasteiger partial charge < -0.3 is 10.5 Å². The largest absolute Gasteiger partial charge is 0.445 e. The number of hydrogen-bond acceptors (Lipinski definition) is 5. The van der Waals surface area contributed by atoms with Gasteiger partial charge in [-0.15, -0.1) is 5.10 Å². The average molecular weight is 229 g/mol. The second-order valence-electron chi connectivity index (χ2n) is 1.79. The van der Waals surface area contributed by atoms with E-state index in [9.17, 15) is 13.2 Å². The molecule has 0 radical (unpaired) electrons. The minimum Gasteiger partial charge on any atom is -0.403 e. The van der Waals surface area contributed by atoms with Crippen LogP contribution < -0.4 is 10.5 Å². The Morgan fingerprint density at radius 1 is 1.46 bits per heavy atom. The second kappa shape index (κ2) is 3.42. The predicted octanol–water partition coefficient (Wildman–Crippen LogP) is 1.18. The predicted molar refractivity (Wildman–Crippen MR) is 42.3 cm³/mol. The van der Waals surface area contributed by atoms with Gasteiger partial charge in [0.25, 0.3) is 5.17 Å². The fourth-order valence-corrected chi connectivity index (χ4v) is 1.16. The van der Waals surface area contributed by atoms with E-state index in [1.807, 2.05) is 0 Å². The van der Waals surface area contributed by atoms with Gasteiger partial charge >= 0.3 is 11.4 Å². The van der Waals surface area contributed by atoms with Gasteiger partial charge in [-0.3, -0.25) is 0 Å². The fourth-order valence-electron chi connectivity index (χ4n) is 0.452. The highest BCUT2D eigenvalue weighted by molar-refractivity contribution is 7.80. The number of hydrogen-bond donors (Lipinski definition) is 1. The Morgan fingerprint density at radius 3 is 2.46 bits per heavy atom. The standard InChI is InChI=1S/C4H2F3N3OS2/c5-4(6,7)1-9-10-3(13-1)11-2(8)12/h(H2,8,12). The first-order valence-electron chi connectivity index (χ1n) is 2.77. The molecule has 9 heteroatoms. The van der Waals surface area contributed by atoms with E-state index in [0.717, 1.165) is 0 Å². The quantitative estimate of drug-likeness (QED) is 0.733. The van der Waals surface area contributed by atoms with Crippen LogP contribution >= 0.6 is 23.6 Å². The third-order valence-electron chi connectivity index (χ3n) is 0.837. The first-order chi connectivity index (χ1) is 5.89. The summed E-state index contributed by atoms with van der Waals surface area (Å²) < 4.78 is 40.2. The summed E-state index contributed by atoms with van der Waals surface area (Å²) in [6.07, 6.45) is -4.52. The van der Waals surface area contributed by atoms with Crippen LogP contribution in [0.15, 0.2) is 0 Å². The van der Waals surface area contributed by atoms with Gasteiger partial charge in [0.05, 0.1) is 0 Å². The third-order valence-corrected chi connectivity index (χ3v) is 1.77. The number of nitrogens with zero attached hydrogens (tertiary/aromatic N) is 2. The van der Waals surface area contributed by atoms with E-state index < -0.39 is 16.4 Å². The SMILES string of the molecule is NC(=S)Oc1nnc(C(F)(F)F)s1. The van der Waals surface area contributed by atoms with Crippen molar-refractivity contribution in [2.24, 2.45) is 5.73 Å². The summed E-state index contributed by atoms with van der Waals surface area (Å²) in [6.45, 7) is 0. The number of alkyl halides is 3. The molecule has 4 nitrogen and oxygen atoms in total. The zero-order chi connectivity index (χ0) is 10.1. The van der Waals surface area contributed by atoms with Crippen LogP contribution in [0, 0.1) is 0 Å². The number of nitrogens with two attached hydrogens (primary N) is 1. The molecule has 72 valence electrons. The number of rotatable bonds is 1. The third kappa shape index (κ3) is 2.77. The van der Waals surface area contributed by atoms with Gasteiger partial charge in [0.15, 0.2) is 0 Å². The van der Waals surface area contributed by atoms with E-state index in [2.05, 4.69) is 27.2 Å². The minimum atomic E-state index is -4.52. The molecule has 0 unspecified atom stereocenters. The summed E-state index contributed by atoms with van der Waals surface area (Å²) in [5, 5.41) is 4.11. The molecular weight excluding hydrogens is 227 g/mol. The molecule has 1 heterocycles. The van der Waals surface area contributed by atoms with E-state index in [1.54, 1.807) is 0 Å². The van der Waals surface area contributed by atoms with Crippen LogP contribution in [0.3, 0.4) is 0 Å². The van der Waals surface area contributed by atoms with Crippen LogP contribution in [-0.4, -0.2) is 15.4 Å². The Labute approximate surface area is 79.5 Å².